The number of rotatable bonds is 7. The number of amides is 2. The molecule has 9 heteroatoms. The minimum atomic E-state index is -0.285. The van der Waals surface area contributed by atoms with Gasteiger partial charge in [0.25, 0.3) is 11.8 Å². The van der Waals surface area contributed by atoms with Crippen molar-refractivity contribution in [1.29, 1.82) is 0 Å². The second-order valence-electron chi connectivity index (χ2n) is 9.89. The molecule has 0 spiro atoms. The zero-order chi connectivity index (χ0) is 25.2. The van der Waals surface area contributed by atoms with Crippen molar-refractivity contribution in [1.82, 2.24) is 25.3 Å². The van der Waals surface area contributed by atoms with Crippen LogP contribution in [0.5, 0.6) is 11.5 Å². The number of aromatic nitrogens is 2. The maximum Gasteiger partial charge on any atom is 0.274 e. The molecule has 3 N–H and O–H groups in total. The third-order valence-electron chi connectivity index (χ3n) is 6.87. The molecule has 0 radical (unpaired) electrons. The van der Waals surface area contributed by atoms with E-state index in [1.54, 1.807) is 11.0 Å². The monoisotopic (exact) mass is 491 g/mol. The molecule has 9 nitrogen and oxygen atoms in total. The van der Waals surface area contributed by atoms with E-state index in [1.165, 1.54) is 6.07 Å². The van der Waals surface area contributed by atoms with Gasteiger partial charge in [-0.1, -0.05) is 19.9 Å². The highest BCUT2D eigenvalue weighted by atomic mass is 16.5. The third kappa shape index (κ3) is 4.88. The molecular weight excluding hydrogens is 458 g/mol. The molecule has 1 saturated heterocycles. The van der Waals surface area contributed by atoms with E-state index in [1.807, 2.05) is 23.1 Å². The van der Waals surface area contributed by atoms with Crippen molar-refractivity contribution in [3.05, 3.63) is 52.7 Å². The lowest BCUT2D eigenvalue weighted by Crippen LogP contribution is -2.35. The van der Waals surface area contributed by atoms with Crippen molar-refractivity contribution in [3.63, 3.8) is 0 Å². The molecule has 0 unspecified atom stereocenters. The summed E-state index contributed by atoms with van der Waals surface area (Å²) in [5.74, 6) is 0.212. The molecule has 190 valence electrons. The Morgan fingerprint density at radius 2 is 1.83 bits per heavy atom. The molecule has 1 fully saturated rings. The number of hydrogen-bond donors (Lipinski definition) is 3. The number of fused-ring (bicyclic) bond motifs is 2. The van der Waals surface area contributed by atoms with Gasteiger partial charge in [0, 0.05) is 50.2 Å². The van der Waals surface area contributed by atoms with Gasteiger partial charge in [0.05, 0.1) is 11.1 Å². The second-order valence-corrected chi connectivity index (χ2v) is 9.89. The number of aromatic hydroxyl groups is 1. The van der Waals surface area contributed by atoms with Gasteiger partial charge in [-0.2, -0.15) is 5.10 Å². The van der Waals surface area contributed by atoms with Crippen LogP contribution in [0.25, 0.3) is 10.9 Å². The number of piperidine rings is 1. The van der Waals surface area contributed by atoms with Crippen LogP contribution in [0.15, 0.2) is 30.3 Å². The SMILES string of the molecule is CC(C)NCCOc1ccc2c(c1)CN(C(=O)c1cc3c(C(=O)N4CCCCC4)n[nH]c3cc1O)C2. The van der Waals surface area contributed by atoms with E-state index < -0.39 is 0 Å². The number of carbonyl (C=O) groups excluding carboxylic acids is 2. The zero-order valence-corrected chi connectivity index (χ0v) is 20.8. The van der Waals surface area contributed by atoms with Crippen LogP contribution >= 0.6 is 0 Å². The van der Waals surface area contributed by atoms with Crippen LogP contribution in [0, 0.1) is 0 Å². The highest BCUT2D eigenvalue weighted by molar-refractivity contribution is 6.08. The number of aromatic amines is 1. The summed E-state index contributed by atoms with van der Waals surface area (Å²) in [4.78, 5) is 30.0. The van der Waals surface area contributed by atoms with E-state index in [4.69, 9.17) is 4.74 Å². The number of phenolic OH excluding ortho intramolecular Hbond substituents is 1. The number of nitrogens with zero attached hydrogens (tertiary/aromatic N) is 3. The van der Waals surface area contributed by atoms with Crippen molar-refractivity contribution < 1.29 is 19.4 Å². The Balaban J connectivity index is 1.32. The summed E-state index contributed by atoms with van der Waals surface area (Å²) in [7, 11) is 0. The average molecular weight is 492 g/mol. The highest BCUT2D eigenvalue weighted by Crippen LogP contribution is 2.32. The summed E-state index contributed by atoms with van der Waals surface area (Å²) < 4.78 is 5.85. The third-order valence-corrected chi connectivity index (χ3v) is 6.87. The van der Waals surface area contributed by atoms with E-state index in [0.717, 1.165) is 42.7 Å². The molecule has 3 heterocycles. The van der Waals surface area contributed by atoms with Crippen molar-refractivity contribution in [2.75, 3.05) is 26.2 Å². The molecule has 0 atom stereocenters. The van der Waals surface area contributed by atoms with Gasteiger partial charge in [0.15, 0.2) is 5.69 Å². The van der Waals surface area contributed by atoms with E-state index in [-0.39, 0.29) is 23.1 Å². The van der Waals surface area contributed by atoms with Crippen molar-refractivity contribution in [2.45, 2.75) is 52.2 Å². The van der Waals surface area contributed by atoms with Crippen molar-refractivity contribution in [2.24, 2.45) is 0 Å². The minimum absolute atomic E-state index is 0.134. The molecule has 36 heavy (non-hydrogen) atoms. The number of hydrogen-bond acceptors (Lipinski definition) is 6. The quantitative estimate of drug-likeness (QED) is 0.437. The normalized spacial score (nSPS) is 15.5. The van der Waals surface area contributed by atoms with Gasteiger partial charge < -0.3 is 25.0 Å². The Morgan fingerprint density at radius 3 is 2.61 bits per heavy atom. The molecule has 2 aromatic carbocycles. The minimum Gasteiger partial charge on any atom is -0.507 e. The first-order valence-corrected chi connectivity index (χ1v) is 12.7. The van der Waals surface area contributed by atoms with Gasteiger partial charge in [0.2, 0.25) is 0 Å². The van der Waals surface area contributed by atoms with Crippen LogP contribution in [0.3, 0.4) is 0 Å². The molecule has 2 amide bonds. The van der Waals surface area contributed by atoms with Crippen molar-refractivity contribution in [3.8, 4) is 11.5 Å². The number of phenols is 1. The first-order chi connectivity index (χ1) is 17.4. The summed E-state index contributed by atoms with van der Waals surface area (Å²) in [6.45, 7) is 7.82. The van der Waals surface area contributed by atoms with Crippen LogP contribution in [0.2, 0.25) is 0 Å². The fourth-order valence-electron chi connectivity index (χ4n) is 4.93. The Morgan fingerprint density at radius 1 is 1.06 bits per heavy atom. The molecule has 1 aromatic heterocycles. The number of benzene rings is 2. The molecular formula is C27H33N5O4. The number of likely N-dealkylation sites (tertiary alicyclic amines) is 1. The lowest BCUT2D eigenvalue weighted by atomic mass is 10.1. The Bertz CT molecular complexity index is 1280. The summed E-state index contributed by atoms with van der Waals surface area (Å²) in [5, 5.41) is 21.6. The second kappa shape index (κ2) is 10.2. The number of ether oxygens (including phenoxy) is 1. The topological polar surface area (TPSA) is 111 Å². The Labute approximate surface area is 210 Å². The standard InChI is InChI=1S/C27H33N5O4/c1-17(2)28-8-11-36-20-7-6-18-15-32(16-19(18)12-20)26(34)22-13-21-23(14-24(22)33)29-30-25(21)27(35)31-9-4-3-5-10-31/h6-7,12-14,17,28,33H,3-5,8-11,15-16H2,1-2H3,(H,29,30). The summed E-state index contributed by atoms with van der Waals surface area (Å²) in [6, 6.07) is 9.37. The van der Waals surface area contributed by atoms with Crippen LogP contribution < -0.4 is 10.1 Å². The number of carbonyl (C=O) groups is 2. The first-order valence-electron chi connectivity index (χ1n) is 12.7. The molecule has 5 rings (SSSR count). The van der Waals surface area contributed by atoms with Gasteiger partial charge in [-0.3, -0.25) is 14.7 Å². The van der Waals surface area contributed by atoms with Gasteiger partial charge >= 0.3 is 0 Å². The maximum atomic E-state index is 13.4. The van der Waals surface area contributed by atoms with Crippen molar-refractivity contribution >= 4 is 22.7 Å². The molecule has 0 aliphatic carbocycles. The van der Waals surface area contributed by atoms with Crippen LogP contribution in [-0.2, 0) is 13.1 Å². The van der Waals surface area contributed by atoms with E-state index >= 15 is 0 Å². The maximum absolute atomic E-state index is 13.4. The van der Waals surface area contributed by atoms with Gasteiger partial charge in [0.1, 0.15) is 18.1 Å². The van der Waals surface area contributed by atoms with E-state index in [2.05, 4.69) is 29.4 Å². The Hall–Kier alpha value is -3.59. The van der Waals surface area contributed by atoms with Gasteiger partial charge in [-0.05, 0) is 48.6 Å². The average Bonchev–Trinajstić information content (AvgIpc) is 3.49. The largest absolute Gasteiger partial charge is 0.507 e. The first kappa shape index (κ1) is 24.1. The fraction of sp³-hybridized carbons (Fsp3) is 0.444. The van der Waals surface area contributed by atoms with E-state index in [9.17, 15) is 14.7 Å². The van der Waals surface area contributed by atoms with Gasteiger partial charge in [-0.15, -0.1) is 0 Å². The Kier molecular flexibility index (Phi) is 6.82. The number of H-pyrrole nitrogens is 1. The fourth-order valence-corrected chi connectivity index (χ4v) is 4.93. The highest BCUT2D eigenvalue weighted by Gasteiger charge is 2.29. The van der Waals surface area contributed by atoms with Crippen LogP contribution in [0.4, 0.5) is 0 Å². The molecule has 2 aliphatic heterocycles. The zero-order valence-electron chi connectivity index (χ0n) is 20.8. The summed E-state index contributed by atoms with van der Waals surface area (Å²) >= 11 is 0. The lowest BCUT2D eigenvalue weighted by molar-refractivity contribution is 0.0717. The molecule has 0 bridgehead atoms. The molecule has 0 saturated carbocycles. The lowest BCUT2D eigenvalue weighted by Gasteiger charge is -2.26. The summed E-state index contributed by atoms with van der Waals surface area (Å²) in [5.41, 5.74) is 3.08. The predicted molar refractivity (Wildman–Crippen MR) is 136 cm³/mol. The van der Waals surface area contributed by atoms with Gasteiger partial charge in [-0.25, -0.2) is 0 Å². The smallest absolute Gasteiger partial charge is 0.274 e. The summed E-state index contributed by atoms with van der Waals surface area (Å²) in [6.07, 6.45) is 3.09. The van der Waals surface area contributed by atoms with Crippen LogP contribution in [-0.4, -0.2) is 69.2 Å². The molecule has 3 aromatic rings. The van der Waals surface area contributed by atoms with E-state index in [0.29, 0.717) is 55.4 Å². The predicted octanol–water partition coefficient (Wildman–Crippen LogP) is 3.43. The molecule has 2 aliphatic rings. The number of nitrogens with one attached hydrogen (secondary N) is 2. The van der Waals surface area contributed by atoms with Crippen LogP contribution in [0.1, 0.15) is 65.1 Å².